The molecule has 0 fully saturated rings. The summed E-state index contributed by atoms with van der Waals surface area (Å²) < 4.78 is 0. The van der Waals surface area contributed by atoms with Crippen molar-refractivity contribution in [1.82, 2.24) is 0 Å². The van der Waals surface area contributed by atoms with Crippen LogP contribution < -0.4 is 0 Å². The molecule has 0 saturated carbocycles. The van der Waals surface area contributed by atoms with Crippen molar-refractivity contribution < 1.29 is 10.2 Å². The fourth-order valence-electron chi connectivity index (χ4n) is 1.58. The second-order valence-corrected chi connectivity index (χ2v) is 3.77. The Hall–Kier alpha value is -2.06. The molecular weight excluding hydrogens is 212 g/mol. The Morgan fingerprint density at radius 3 is 2.24 bits per heavy atom. The Kier molecular flexibility index (Phi) is 3.58. The topological polar surface area (TPSA) is 40.5 Å². The van der Waals surface area contributed by atoms with E-state index in [1.165, 1.54) is 0 Å². The van der Waals surface area contributed by atoms with Crippen LogP contribution in [0.25, 0.3) is 6.08 Å². The Morgan fingerprint density at radius 2 is 1.53 bits per heavy atom. The third-order valence-electron chi connectivity index (χ3n) is 2.54. The fraction of sp³-hybridized carbons (Fsp3) is 0.0667. The smallest absolute Gasteiger partial charge is 0.122 e. The van der Waals surface area contributed by atoms with Gasteiger partial charge in [-0.1, -0.05) is 60.7 Å². The highest BCUT2D eigenvalue weighted by molar-refractivity contribution is 5.57. The van der Waals surface area contributed by atoms with Crippen molar-refractivity contribution >= 4 is 6.08 Å². The summed E-state index contributed by atoms with van der Waals surface area (Å²) in [5.74, 6) is 0.212. The number of aliphatic hydroxyl groups excluding tert-OH is 1. The maximum absolute atomic E-state index is 9.90. The van der Waals surface area contributed by atoms with Crippen molar-refractivity contribution in [1.29, 1.82) is 0 Å². The zero-order valence-electron chi connectivity index (χ0n) is 9.32. The minimum atomic E-state index is -0.657. The van der Waals surface area contributed by atoms with Gasteiger partial charge in [-0.25, -0.2) is 0 Å². The average molecular weight is 226 g/mol. The number of phenolic OH excluding ortho intramolecular Hbond substituents is 1. The molecule has 2 heteroatoms. The molecule has 17 heavy (non-hydrogen) atoms. The van der Waals surface area contributed by atoms with Crippen molar-refractivity contribution in [2.24, 2.45) is 0 Å². The minimum Gasteiger partial charge on any atom is -0.507 e. The number of benzene rings is 2. The van der Waals surface area contributed by atoms with Crippen molar-refractivity contribution in [3.8, 4) is 5.75 Å². The van der Waals surface area contributed by atoms with Crippen molar-refractivity contribution in [3.63, 3.8) is 0 Å². The van der Waals surface area contributed by atoms with E-state index in [0.717, 1.165) is 5.56 Å². The lowest BCUT2D eigenvalue weighted by Gasteiger charge is -2.05. The highest BCUT2D eigenvalue weighted by atomic mass is 16.3. The normalized spacial score (nSPS) is 12.8. The molecule has 0 heterocycles. The molecule has 0 spiro atoms. The van der Waals surface area contributed by atoms with Gasteiger partial charge < -0.3 is 10.2 Å². The Labute approximate surface area is 100 Å². The molecular formula is C15H14O2. The van der Waals surface area contributed by atoms with Gasteiger partial charge in [0.25, 0.3) is 0 Å². The molecule has 2 aromatic carbocycles. The van der Waals surface area contributed by atoms with E-state index in [4.69, 9.17) is 0 Å². The van der Waals surface area contributed by atoms with Crippen LogP contribution in [0.2, 0.25) is 0 Å². The van der Waals surface area contributed by atoms with E-state index in [1.54, 1.807) is 30.4 Å². The lowest BCUT2D eigenvalue weighted by atomic mass is 10.1. The highest BCUT2D eigenvalue weighted by Crippen LogP contribution is 2.20. The molecule has 0 aliphatic carbocycles. The molecule has 0 aliphatic heterocycles. The van der Waals surface area contributed by atoms with Gasteiger partial charge in [0.1, 0.15) is 5.75 Å². The van der Waals surface area contributed by atoms with Crippen LogP contribution in [0.1, 0.15) is 17.2 Å². The second kappa shape index (κ2) is 5.32. The first kappa shape index (κ1) is 11.4. The molecule has 86 valence electrons. The maximum Gasteiger partial charge on any atom is 0.122 e. The summed E-state index contributed by atoms with van der Waals surface area (Å²) in [6, 6.07) is 16.4. The van der Waals surface area contributed by atoms with Crippen LogP contribution in [-0.2, 0) is 0 Å². The molecule has 2 rings (SSSR count). The molecule has 0 saturated heterocycles. The maximum atomic E-state index is 9.90. The van der Waals surface area contributed by atoms with Gasteiger partial charge in [-0.05, 0) is 11.6 Å². The van der Waals surface area contributed by atoms with E-state index in [2.05, 4.69) is 0 Å². The summed E-state index contributed by atoms with van der Waals surface area (Å²) in [5.41, 5.74) is 1.53. The summed E-state index contributed by atoms with van der Waals surface area (Å²) in [7, 11) is 0. The number of aliphatic hydroxyl groups is 1. The van der Waals surface area contributed by atoms with E-state index in [0.29, 0.717) is 5.56 Å². The van der Waals surface area contributed by atoms with Crippen molar-refractivity contribution in [2.45, 2.75) is 6.10 Å². The van der Waals surface area contributed by atoms with Crippen molar-refractivity contribution in [3.05, 3.63) is 71.8 Å². The molecule has 1 unspecified atom stereocenters. The molecule has 2 aromatic rings. The summed E-state index contributed by atoms with van der Waals surface area (Å²) in [4.78, 5) is 0. The Morgan fingerprint density at radius 1 is 0.882 bits per heavy atom. The first-order chi connectivity index (χ1) is 8.27. The van der Waals surface area contributed by atoms with Gasteiger partial charge in [-0.3, -0.25) is 0 Å². The first-order valence-corrected chi connectivity index (χ1v) is 5.46. The zero-order valence-corrected chi connectivity index (χ0v) is 9.32. The van der Waals surface area contributed by atoms with E-state index >= 15 is 0 Å². The third-order valence-corrected chi connectivity index (χ3v) is 2.54. The monoisotopic (exact) mass is 226 g/mol. The van der Waals surface area contributed by atoms with Crippen LogP contribution >= 0.6 is 0 Å². The summed E-state index contributed by atoms with van der Waals surface area (Å²) in [5, 5.41) is 19.5. The number of aromatic hydroxyl groups is 1. The van der Waals surface area contributed by atoms with Gasteiger partial charge in [0.2, 0.25) is 0 Å². The molecule has 0 aliphatic rings. The Balaban J connectivity index is 2.14. The predicted molar refractivity (Wildman–Crippen MR) is 68.5 cm³/mol. The highest BCUT2D eigenvalue weighted by Gasteiger charge is 2.02. The molecule has 2 nitrogen and oxygen atoms in total. The fourth-order valence-corrected chi connectivity index (χ4v) is 1.58. The lowest BCUT2D eigenvalue weighted by molar-refractivity contribution is 0.229. The van der Waals surface area contributed by atoms with Gasteiger partial charge >= 0.3 is 0 Å². The summed E-state index contributed by atoms with van der Waals surface area (Å²) in [6.45, 7) is 0. The van der Waals surface area contributed by atoms with Crippen molar-refractivity contribution in [2.75, 3.05) is 0 Å². The van der Waals surface area contributed by atoms with Crippen LogP contribution in [0.4, 0.5) is 0 Å². The quantitative estimate of drug-likeness (QED) is 0.844. The SMILES string of the molecule is Oc1ccccc1/C=C/C(O)c1ccccc1. The van der Waals surface area contributed by atoms with E-state index < -0.39 is 6.10 Å². The van der Waals surface area contributed by atoms with E-state index in [9.17, 15) is 10.2 Å². The lowest BCUT2D eigenvalue weighted by Crippen LogP contribution is -1.91. The molecule has 0 bridgehead atoms. The number of hydrogen-bond acceptors (Lipinski definition) is 2. The molecule has 0 radical (unpaired) electrons. The standard InChI is InChI=1S/C15H14O2/c16-14-9-5-4-8-13(14)10-11-15(17)12-6-2-1-3-7-12/h1-11,15-17H/b11-10+. The minimum absolute atomic E-state index is 0.212. The zero-order chi connectivity index (χ0) is 12.1. The summed E-state index contributed by atoms with van der Waals surface area (Å²) >= 11 is 0. The third kappa shape index (κ3) is 2.95. The Bertz CT molecular complexity index is 503. The van der Waals surface area contributed by atoms with Crippen LogP contribution in [0.3, 0.4) is 0 Å². The number of rotatable bonds is 3. The average Bonchev–Trinajstić information content (AvgIpc) is 2.38. The second-order valence-electron chi connectivity index (χ2n) is 3.77. The van der Waals surface area contributed by atoms with Crippen LogP contribution in [0, 0.1) is 0 Å². The largest absolute Gasteiger partial charge is 0.507 e. The van der Waals surface area contributed by atoms with Gasteiger partial charge in [-0.2, -0.15) is 0 Å². The van der Waals surface area contributed by atoms with Gasteiger partial charge in [0.05, 0.1) is 6.10 Å². The van der Waals surface area contributed by atoms with Gasteiger partial charge in [0.15, 0.2) is 0 Å². The first-order valence-electron chi connectivity index (χ1n) is 5.46. The number of hydrogen-bond donors (Lipinski definition) is 2. The van der Waals surface area contributed by atoms with E-state index in [-0.39, 0.29) is 5.75 Å². The molecule has 1 atom stereocenters. The molecule has 0 amide bonds. The molecule has 2 N–H and O–H groups in total. The van der Waals surface area contributed by atoms with Gasteiger partial charge in [-0.15, -0.1) is 0 Å². The van der Waals surface area contributed by atoms with Crippen LogP contribution in [0.5, 0.6) is 5.75 Å². The van der Waals surface area contributed by atoms with Crippen LogP contribution in [0.15, 0.2) is 60.7 Å². The predicted octanol–water partition coefficient (Wildman–Crippen LogP) is 3.14. The number of para-hydroxylation sites is 1. The summed E-state index contributed by atoms with van der Waals surface area (Å²) in [6.07, 6.45) is 2.72. The molecule has 0 aromatic heterocycles. The number of phenols is 1. The van der Waals surface area contributed by atoms with Gasteiger partial charge in [0, 0.05) is 5.56 Å². The van der Waals surface area contributed by atoms with Crippen LogP contribution in [-0.4, -0.2) is 10.2 Å². The van der Waals surface area contributed by atoms with E-state index in [1.807, 2.05) is 36.4 Å².